The molecular weight excluding hydrogens is 256 g/mol. The average molecular weight is 278 g/mol. The van der Waals surface area contributed by atoms with Crippen molar-refractivity contribution in [3.63, 3.8) is 0 Å². The molecule has 1 amide bonds. The minimum absolute atomic E-state index is 0.00376. The lowest BCUT2D eigenvalue weighted by atomic mass is 9.88. The molecule has 1 fully saturated rings. The van der Waals surface area contributed by atoms with Crippen LogP contribution in [0.25, 0.3) is 0 Å². The molecule has 0 aliphatic carbocycles. The summed E-state index contributed by atoms with van der Waals surface area (Å²) in [7, 11) is 1.60. The molecule has 1 aromatic rings. The summed E-state index contributed by atoms with van der Waals surface area (Å²) in [6.45, 7) is 3.96. The van der Waals surface area contributed by atoms with Crippen LogP contribution in [0.15, 0.2) is 24.3 Å². The number of aliphatic hydroxyl groups excluding tert-OH is 1. The first-order chi connectivity index (χ1) is 9.61. The van der Waals surface area contributed by atoms with Crippen LogP contribution in [0.1, 0.15) is 18.6 Å². The number of carbonyl (C=O) groups excluding carboxylic acids is 1. The Balaban J connectivity index is 1.81. The van der Waals surface area contributed by atoms with Crippen LogP contribution in [0, 0.1) is 11.8 Å². The molecule has 1 aromatic carbocycles. The summed E-state index contributed by atoms with van der Waals surface area (Å²) in [6, 6.07) is 7.19. The van der Waals surface area contributed by atoms with Gasteiger partial charge in [0.05, 0.1) is 13.2 Å². The number of rotatable bonds is 6. The molecule has 2 atom stereocenters. The second-order valence-electron chi connectivity index (χ2n) is 5.24. The Morgan fingerprint density at radius 2 is 2.10 bits per heavy atom. The molecule has 110 valence electrons. The molecule has 5 heteroatoms. The van der Waals surface area contributed by atoms with Gasteiger partial charge in [0.15, 0.2) is 0 Å². The van der Waals surface area contributed by atoms with E-state index >= 15 is 0 Å². The molecule has 2 rings (SSSR count). The SMILES string of the molecule is COc1ccc(C(O)CNC(=O)C(C)C2CNC2)cc1. The number of aliphatic hydroxyl groups is 1. The molecule has 0 bridgehead atoms. The van der Waals surface area contributed by atoms with Gasteiger partial charge in [-0.05, 0) is 36.7 Å². The van der Waals surface area contributed by atoms with Crippen LogP contribution in [0.5, 0.6) is 5.75 Å². The van der Waals surface area contributed by atoms with Gasteiger partial charge in [-0.3, -0.25) is 4.79 Å². The van der Waals surface area contributed by atoms with Crippen LogP contribution < -0.4 is 15.4 Å². The van der Waals surface area contributed by atoms with Crippen LogP contribution >= 0.6 is 0 Å². The summed E-state index contributed by atoms with van der Waals surface area (Å²) in [5.41, 5.74) is 0.768. The van der Waals surface area contributed by atoms with Gasteiger partial charge in [-0.2, -0.15) is 0 Å². The number of carbonyl (C=O) groups is 1. The number of benzene rings is 1. The van der Waals surface area contributed by atoms with Crippen molar-refractivity contribution in [3.05, 3.63) is 29.8 Å². The Morgan fingerprint density at radius 3 is 2.60 bits per heavy atom. The van der Waals surface area contributed by atoms with Crippen molar-refractivity contribution in [3.8, 4) is 5.75 Å². The Hall–Kier alpha value is -1.59. The number of hydrogen-bond acceptors (Lipinski definition) is 4. The summed E-state index contributed by atoms with van der Waals surface area (Å²) < 4.78 is 5.07. The lowest BCUT2D eigenvalue weighted by Gasteiger charge is -2.31. The van der Waals surface area contributed by atoms with Crippen molar-refractivity contribution < 1.29 is 14.6 Å². The second kappa shape index (κ2) is 6.72. The molecule has 20 heavy (non-hydrogen) atoms. The van der Waals surface area contributed by atoms with Gasteiger partial charge in [-0.15, -0.1) is 0 Å². The maximum atomic E-state index is 11.9. The van der Waals surface area contributed by atoms with Crippen molar-refractivity contribution in [2.75, 3.05) is 26.7 Å². The molecular formula is C15H22N2O3. The van der Waals surface area contributed by atoms with E-state index in [2.05, 4.69) is 10.6 Å². The predicted octanol–water partition coefficient (Wildman–Crippen LogP) is 0.700. The number of ether oxygens (including phenoxy) is 1. The zero-order chi connectivity index (χ0) is 14.5. The molecule has 0 saturated carbocycles. The quantitative estimate of drug-likeness (QED) is 0.716. The van der Waals surface area contributed by atoms with E-state index in [1.807, 2.05) is 6.92 Å². The number of hydrogen-bond donors (Lipinski definition) is 3. The molecule has 1 saturated heterocycles. The molecule has 0 aromatic heterocycles. The lowest BCUT2D eigenvalue weighted by molar-refractivity contribution is -0.127. The highest BCUT2D eigenvalue weighted by Crippen LogP contribution is 2.18. The Labute approximate surface area is 119 Å². The van der Waals surface area contributed by atoms with E-state index in [9.17, 15) is 9.90 Å². The van der Waals surface area contributed by atoms with E-state index < -0.39 is 6.10 Å². The van der Waals surface area contributed by atoms with Crippen molar-refractivity contribution in [1.29, 1.82) is 0 Å². The van der Waals surface area contributed by atoms with Crippen molar-refractivity contribution in [2.24, 2.45) is 11.8 Å². The fraction of sp³-hybridized carbons (Fsp3) is 0.533. The van der Waals surface area contributed by atoms with Crippen LogP contribution in [-0.2, 0) is 4.79 Å². The van der Waals surface area contributed by atoms with Gasteiger partial charge >= 0.3 is 0 Å². The highest BCUT2D eigenvalue weighted by molar-refractivity contribution is 5.78. The van der Waals surface area contributed by atoms with E-state index in [1.54, 1.807) is 31.4 Å². The highest BCUT2D eigenvalue weighted by atomic mass is 16.5. The Bertz CT molecular complexity index is 443. The van der Waals surface area contributed by atoms with Gasteiger partial charge in [0, 0.05) is 12.5 Å². The van der Waals surface area contributed by atoms with E-state index in [0.717, 1.165) is 24.4 Å². The highest BCUT2D eigenvalue weighted by Gasteiger charge is 2.28. The van der Waals surface area contributed by atoms with E-state index in [4.69, 9.17) is 4.74 Å². The van der Waals surface area contributed by atoms with Crippen molar-refractivity contribution >= 4 is 5.91 Å². The normalized spacial score (nSPS) is 17.9. The fourth-order valence-corrected chi connectivity index (χ4v) is 2.18. The standard InChI is InChI=1S/C15H22N2O3/c1-10(12-7-16-8-12)15(19)17-9-14(18)11-3-5-13(20-2)6-4-11/h3-6,10,12,14,16,18H,7-9H2,1-2H3,(H,17,19). The van der Waals surface area contributed by atoms with Crippen LogP contribution in [-0.4, -0.2) is 37.8 Å². The molecule has 1 aliphatic rings. The van der Waals surface area contributed by atoms with Gasteiger partial charge in [-0.25, -0.2) is 0 Å². The number of nitrogens with one attached hydrogen (secondary N) is 2. The molecule has 1 aliphatic heterocycles. The maximum absolute atomic E-state index is 11.9. The number of methoxy groups -OCH3 is 1. The second-order valence-corrected chi connectivity index (χ2v) is 5.24. The number of amides is 1. The summed E-state index contributed by atoms with van der Waals surface area (Å²) in [4.78, 5) is 11.9. The van der Waals surface area contributed by atoms with Gasteiger partial charge in [0.1, 0.15) is 5.75 Å². The monoisotopic (exact) mass is 278 g/mol. The van der Waals surface area contributed by atoms with Gasteiger partial charge in [0.25, 0.3) is 0 Å². The molecule has 5 nitrogen and oxygen atoms in total. The molecule has 1 heterocycles. The predicted molar refractivity (Wildman–Crippen MR) is 76.5 cm³/mol. The Kier molecular flexibility index (Phi) is 4.98. The third-order valence-corrected chi connectivity index (χ3v) is 3.90. The molecule has 2 unspecified atom stereocenters. The van der Waals surface area contributed by atoms with Gasteiger partial charge in [0.2, 0.25) is 5.91 Å². The molecule has 0 spiro atoms. The van der Waals surface area contributed by atoms with E-state index in [1.165, 1.54) is 0 Å². The van der Waals surface area contributed by atoms with E-state index in [0.29, 0.717) is 5.92 Å². The maximum Gasteiger partial charge on any atom is 0.223 e. The summed E-state index contributed by atoms with van der Waals surface area (Å²) in [6.07, 6.45) is -0.698. The topological polar surface area (TPSA) is 70.6 Å². The summed E-state index contributed by atoms with van der Waals surface area (Å²) in [5, 5.41) is 16.0. The largest absolute Gasteiger partial charge is 0.497 e. The van der Waals surface area contributed by atoms with Crippen LogP contribution in [0.3, 0.4) is 0 Å². The van der Waals surface area contributed by atoms with Crippen molar-refractivity contribution in [1.82, 2.24) is 10.6 Å². The van der Waals surface area contributed by atoms with Crippen LogP contribution in [0.4, 0.5) is 0 Å². The lowest BCUT2D eigenvalue weighted by Crippen LogP contribution is -2.50. The average Bonchev–Trinajstić information content (AvgIpc) is 2.42. The summed E-state index contributed by atoms with van der Waals surface area (Å²) >= 11 is 0. The van der Waals surface area contributed by atoms with E-state index in [-0.39, 0.29) is 18.4 Å². The fourth-order valence-electron chi connectivity index (χ4n) is 2.18. The summed E-state index contributed by atoms with van der Waals surface area (Å²) in [5.74, 6) is 1.15. The zero-order valence-electron chi connectivity index (χ0n) is 11.9. The van der Waals surface area contributed by atoms with Crippen molar-refractivity contribution in [2.45, 2.75) is 13.0 Å². The van der Waals surface area contributed by atoms with Crippen LogP contribution in [0.2, 0.25) is 0 Å². The third-order valence-electron chi connectivity index (χ3n) is 3.90. The third kappa shape index (κ3) is 3.49. The zero-order valence-corrected chi connectivity index (χ0v) is 11.9. The van der Waals surface area contributed by atoms with Gasteiger partial charge in [-0.1, -0.05) is 19.1 Å². The minimum atomic E-state index is -0.698. The molecule has 3 N–H and O–H groups in total. The first-order valence-corrected chi connectivity index (χ1v) is 6.92. The molecule has 0 radical (unpaired) electrons. The minimum Gasteiger partial charge on any atom is -0.497 e. The Morgan fingerprint density at radius 1 is 1.45 bits per heavy atom. The first kappa shape index (κ1) is 14.8. The van der Waals surface area contributed by atoms with Gasteiger partial charge < -0.3 is 20.5 Å². The smallest absolute Gasteiger partial charge is 0.223 e. The first-order valence-electron chi connectivity index (χ1n) is 6.92.